The molecule has 2 aliphatic rings. The van der Waals surface area contributed by atoms with E-state index in [4.69, 9.17) is 5.10 Å². The number of nitrogens with zero attached hydrogens (tertiary/aromatic N) is 4. The number of carbonyl (C=O) groups is 2. The van der Waals surface area contributed by atoms with E-state index in [1.165, 1.54) is 0 Å². The molecule has 2 atom stereocenters. The Morgan fingerprint density at radius 3 is 2.93 bits per heavy atom. The largest absolute Gasteiger partial charge is 0.354 e. The van der Waals surface area contributed by atoms with Crippen LogP contribution in [0.5, 0.6) is 0 Å². The van der Waals surface area contributed by atoms with Crippen molar-refractivity contribution >= 4 is 22.8 Å². The van der Waals surface area contributed by atoms with E-state index in [0.717, 1.165) is 49.0 Å². The number of hydrogen-bond donors (Lipinski definition) is 1. The van der Waals surface area contributed by atoms with Crippen molar-refractivity contribution in [3.63, 3.8) is 0 Å². The number of pyridine rings is 1. The van der Waals surface area contributed by atoms with Gasteiger partial charge >= 0.3 is 0 Å². The molecule has 0 radical (unpaired) electrons. The summed E-state index contributed by atoms with van der Waals surface area (Å²) in [5.74, 6) is 0.566. The zero-order valence-corrected chi connectivity index (χ0v) is 16.3. The summed E-state index contributed by atoms with van der Waals surface area (Å²) in [7, 11) is 0. The van der Waals surface area contributed by atoms with Crippen LogP contribution in [0.2, 0.25) is 0 Å². The van der Waals surface area contributed by atoms with Gasteiger partial charge in [-0.3, -0.25) is 9.59 Å². The van der Waals surface area contributed by atoms with Gasteiger partial charge in [0, 0.05) is 50.0 Å². The van der Waals surface area contributed by atoms with Crippen LogP contribution in [0, 0.1) is 5.92 Å². The van der Waals surface area contributed by atoms with Crippen molar-refractivity contribution in [3.8, 4) is 0 Å². The highest BCUT2D eigenvalue weighted by molar-refractivity contribution is 5.80. The minimum atomic E-state index is 0.0871. The predicted molar refractivity (Wildman–Crippen MR) is 107 cm³/mol. The topological polar surface area (TPSA) is 80.1 Å². The Morgan fingerprint density at radius 1 is 1.29 bits per heavy atom. The van der Waals surface area contributed by atoms with Crippen molar-refractivity contribution in [3.05, 3.63) is 36.2 Å². The number of carbonyl (C=O) groups excluding carboxylic acids is 2. The minimum absolute atomic E-state index is 0.0871. The summed E-state index contributed by atoms with van der Waals surface area (Å²) in [5, 5.41) is 8.92. The van der Waals surface area contributed by atoms with Crippen LogP contribution in [-0.2, 0) is 16.1 Å². The normalized spacial score (nSPS) is 22.0. The van der Waals surface area contributed by atoms with Gasteiger partial charge in [0.25, 0.3) is 0 Å². The van der Waals surface area contributed by atoms with Crippen LogP contribution >= 0.6 is 0 Å². The van der Waals surface area contributed by atoms with E-state index in [9.17, 15) is 9.59 Å². The molecule has 7 nitrogen and oxygen atoms in total. The third kappa shape index (κ3) is 3.79. The molecule has 148 valence electrons. The third-order valence-electron chi connectivity index (χ3n) is 5.82. The number of hydrogen-bond acceptors (Lipinski definition) is 4. The number of allylic oxidation sites excluding steroid dienone is 2. The number of likely N-dealkylation sites (tertiary alicyclic amines) is 1. The summed E-state index contributed by atoms with van der Waals surface area (Å²) in [5.41, 5.74) is 1.85. The molecule has 28 heavy (non-hydrogen) atoms. The summed E-state index contributed by atoms with van der Waals surface area (Å²) in [6, 6.07) is 3.97. The van der Waals surface area contributed by atoms with E-state index < -0.39 is 0 Å². The van der Waals surface area contributed by atoms with Gasteiger partial charge in [-0.05, 0) is 37.8 Å². The fourth-order valence-corrected chi connectivity index (χ4v) is 4.22. The summed E-state index contributed by atoms with van der Waals surface area (Å²) >= 11 is 0. The molecule has 2 aromatic rings. The Bertz CT molecular complexity index is 903. The average Bonchev–Trinajstić information content (AvgIpc) is 3.34. The summed E-state index contributed by atoms with van der Waals surface area (Å²) in [6.07, 6.45) is 9.66. The molecule has 1 fully saturated rings. The highest BCUT2D eigenvalue weighted by Gasteiger charge is 2.29. The fourth-order valence-electron chi connectivity index (χ4n) is 4.22. The number of rotatable bonds is 5. The zero-order valence-electron chi connectivity index (χ0n) is 16.3. The fraction of sp³-hybridized carbons (Fsp3) is 0.524. The van der Waals surface area contributed by atoms with Crippen LogP contribution in [0.15, 0.2) is 30.5 Å². The molecule has 1 saturated heterocycles. The summed E-state index contributed by atoms with van der Waals surface area (Å²) in [4.78, 5) is 30.4. The first-order chi connectivity index (χ1) is 13.6. The molecule has 0 aromatic carbocycles. The van der Waals surface area contributed by atoms with E-state index >= 15 is 0 Å². The van der Waals surface area contributed by atoms with Crippen molar-refractivity contribution in [2.75, 3.05) is 19.6 Å². The molecule has 3 heterocycles. The monoisotopic (exact) mass is 381 g/mol. The zero-order chi connectivity index (χ0) is 19.5. The third-order valence-corrected chi connectivity index (χ3v) is 5.82. The van der Waals surface area contributed by atoms with Gasteiger partial charge in [-0.15, -0.1) is 0 Å². The number of fused-ring (bicyclic) bond motifs is 1. The molecule has 2 aromatic heterocycles. The lowest BCUT2D eigenvalue weighted by atomic mass is 9.94. The van der Waals surface area contributed by atoms with Crippen LogP contribution in [0.25, 0.3) is 11.0 Å². The van der Waals surface area contributed by atoms with E-state index in [1.807, 2.05) is 21.7 Å². The molecular formula is C21H27N5O2. The van der Waals surface area contributed by atoms with Crippen molar-refractivity contribution < 1.29 is 9.59 Å². The van der Waals surface area contributed by atoms with Crippen molar-refractivity contribution in [2.24, 2.45) is 5.92 Å². The first kappa shape index (κ1) is 18.7. The minimum Gasteiger partial charge on any atom is -0.354 e. The molecule has 1 aliphatic heterocycles. The predicted octanol–water partition coefficient (Wildman–Crippen LogP) is 2.24. The highest BCUT2D eigenvalue weighted by atomic mass is 16.2. The maximum absolute atomic E-state index is 12.3. The maximum atomic E-state index is 12.3. The van der Waals surface area contributed by atoms with E-state index in [1.54, 1.807) is 13.1 Å². The van der Waals surface area contributed by atoms with Crippen LogP contribution in [0.4, 0.5) is 0 Å². The molecule has 7 heteroatoms. The standard InChI is InChI=1S/C21H27N5O2/c1-15(27)25-12-9-17(14-25)19-18-8-5-10-22-20(18)26(24-19)13-11-23-21(28)16-6-3-2-4-7-16/h2-3,5,8,10,16-17H,4,6-7,9,11-14H2,1H3,(H,23,28)/t16-,17+/m0/s1. The Balaban J connectivity index is 1.45. The van der Waals surface area contributed by atoms with E-state index in [-0.39, 0.29) is 23.7 Å². The van der Waals surface area contributed by atoms with Gasteiger partial charge in [0.15, 0.2) is 5.65 Å². The molecular weight excluding hydrogens is 354 g/mol. The lowest BCUT2D eigenvalue weighted by molar-refractivity contribution is -0.128. The quantitative estimate of drug-likeness (QED) is 0.806. The van der Waals surface area contributed by atoms with Crippen LogP contribution in [-0.4, -0.2) is 51.1 Å². The van der Waals surface area contributed by atoms with E-state index in [0.29, 0.717) is 19.6 Å². The molecule has 1 aliphatic carbocycles. The maximum Gasteiger partial charge on any atom is 0.223 e. The van der Waals surface area contributed by atoms with Crippen LogP contribution < -0.4 is 5.32 Å². The Kier molecular flexibility index (Phi) is 5.41. The highest BCUT2D eigenvalue weighted by Crippen LogP contribution is 2.31. The second kappa shape index (κ2) is 8.12. The lowest BCUT2D eigenvalue weighted by Gasteiger charge is -2.17. The van der Waals surface area contributed by atoms with Crippen molar-refractivity contribution in [1.82, 2.24) is 25.0 Å². The van der Waals surface area contributed by atoms with Gasteiger partial charge in [-0.25, -0.2) is 9.67 Å². The van der Waals surface area contributed by atoms with Gasteiger partial charge in [0.05, 0.1) is 12.2 Å². The summed E-state index contributed by atoms with van der Waals surface area (Å²) < 4.78 is 1.89. The average molecular weight is 381 g/mol. The molecule has 0 saturated carbocycles. The second-order valence-electron chi connectivity index (χ2n) is 7.71. The van der Waals surface area contributed by atoms with Gasteiger partial charge in [0.2, 0.25) is 11.8 Å². The van der Waals surface area contributed by atoms with Gasteiger partial charge in [0.1, 0.15) is 0 Å². The van der Waals surface area contributed by atoms with Gasteiger partial charge in [-0.2, -0.15) is 5.10 Å². The summed E-state index contributed by atoms with van der Waals surface area (Å²) in [6.45, 7) is 4.23. The van der Waals surface area contributed by atoms with Crippen molar-refractivity contribution in [2.45, 2.75) is 45.1 Å². The number of aromatic nitrogens is 3. The molecule has 0 unspecified atom stereocenters. The molecule has 0 spiro atoms. The molecule has 0 bridgehead atoms. The second-order valence-corrected chi connectivity index (χ2v) is 7.71. The Hall–Kier alpha value is -2.70. The van der Waals surface area contributed by atoms with Crippen LogP contribution in [0.3, 0.4) is 0 Å². The Morgan fingerprint density at radius 2 is 2.18 bits per heavy atom. The smallest absolute Gasteiger partial charge is 0.223 e. The lowest BCUT2D eigenvalue weighted by Crippen LogP contribution is -2.33. The number of nitrogens with one attached hydrogen (secondary N) is 1. The Labute approximate surface area is 164 Å². The van der Waals surface area contributed by atoms with E-state index in [2.05, 4.69) is 22.5 Å². The van der Waals surface area contributed by atoms with Gasteiger partial charge in [-0.1, -0.05) is 12.2 Å². The molecule has 2 amide bonds. The molecule has 1 N–H and O–H groups in total. The first-order valence-corrected chi connectivity index (χ1v) is 10.1. The number of amides is 2. The molecule has 4 rings (SSSR count). The van der Waals surface area contributed by atoms with Crippen molar-refractivity contribution in [1.29, 1.82) is 0 Å². The van der Waals surface area contributed by atoms with Crippen LogP contribution in [0.1, 0.15) is 44.2 Å². The SMILES string of the molecule is CC(=O)N1CC[C@@H](c2nn(CCNC(=O)[C@H]3CC=CCC3)c3ncccc23)C1. The first-order valence-electron chi connectivity index (χ1n) is 10.1. The van der Waals surface area contributed by atoms with Gasteiger partial charge < -0.3 is 10.2 Å².